The highest BCUT2D eigenvalue weighted by Gasteiger charge is 2.10. The van der Waals surface area contributed by atoms with Gasteiger partial charge < -0.3 is 15.6 Å². The number of anilines is 1. The van der Waals surface area contributed by atoms with Crippen molar-refractivity contribution in [3.05, 3.63) is 41.0 Å². The van der Waals surface area contributed by atoms with Crippen LogP contribution in [0, 0.1) is 13.8 Å². The number of carbonyl (C=O) groups excluding carboxylic acids is 1. The van der Waals surface area contributed by atoms with Crippen molar-refractivity contribution >= 4 is 11.6 Å². The molecule has 6 nitrogen and oxygen atoms in total. The van der Waals surface area contributed by atoms with Gasteiger partial charge in [-0.25, -0.2) is 0 Å². The minimum atomic E-state index is -0.200. The number of carbonyl (C=O) groups is 1. The van der Waals surface area contributed by atoms with Crippen molar-refractivity contribution < 1.29 is 9.32 Å². The lowest BCUT2D eigenvalue weighted by molar-refractivity contribution is 0.0954. The van der Waals surface area contributed by atoms with Gasteiger partial charge in [0.1, 0.15) is 0 Å². The number of hydrogen-bond donors (Lipinski definition) is 2. The number of nitrogens with one attached hydrogen (secondary N) is 1. The van der Waals surface area contributed by atoms with E-state index >= 15 is 0 Å². The highest BCUT2D eigenvalue weighted by atomic mass is 16.5. The van der Waals surface area contributed by atoms with Gasteiger partial charge in [0.15, 0.2) is 5.82 Å². The fraction of sp³-hybridized carbons (Fsp3) is 0.308. The monoisotopic (exact) mass is 260 g/mol. The minimum Gasteiger partial charge on any atom is -0.398 e. The van der Waals surface area contributed by atoms with E-state index in [2.05, 4.69) is 15.5 Å². The van der Waals surface area contributed by atoms with E-state index in [0.29, 0.717) is 35.9 Å². The van der Waals surface area contributed by atoms with E-state index in [1.165, 1.54) is 0 Å². The van der Waals surface area contributed by atoms with E-state index in [-0.39, 0.29) is 5.91 Å². The SMILES string of the molecule is Cc1ccc(C(=O)NCCc2nc(C)no2)c(N)c1. The summed E-state index contributed by atoms with van der Waals surface area (Å²) in [6, 6.07) is 5.35. The number of nitrogen functional groups attached to an aromatic ring is 1. The average Bonchev–Trinajstić information content (AvgIpc) is 2.75. The Bertz CT molecular complexity index is 592. The summed E-state index contributed by atoms with van der Waals surface area (Å²) in [6.45, 7) is 4.10. The molecule has 2 aromatic rings. The molecule has 0 fully saturated rings. The van der Waals surface area contributed by atoms with Gasteiger partial charge in [0.25, 0.3) is 5.91 Å². The molecule has 6 heteroatoms. The number of nitrogens with two attached hydrogens (primary N) is 1. The first-order chi connectivity index (χ1) is 9.06. The van der Waals surface area contributed by atoms with Crippen molar-refractivity contribution in [2.45, 2.75) is 20.3 Å². The van der Waals surface area contributed by atoms with Crippen LogP contribution < -0.4 is 11.1 Å². The summed E-state index contributed by atoms with van der Waals surface area (Å²) in [7, 11) is 0. The summed E-state index contributed by atoms with van der Waals surface area (Å²) in [5.74, 6) is 0.896. The van der Waals surface area contributed by atoms with Crippen molar-refractivity contribution in [3.63, 3.8) is 0 Å². The first kappa shape index (κ1) is 13.1. The first-order valence-electron chi connectivity index (χ1n) is 6.00. The molecule has 3 N–H and O–H groups in total. The number of aromatic nitrogens is 2. The number of rotatable bonds is 4. The molecule has 1 aromatic carbocycles. The van der Waals surface area contributed by atoms with Crippen LogP contribution in [0.3, 0.4) is 0 Å². The Morgan fingerprint density at radius 2 is 2.21 bits per heavy atom. The van der Waals surface area contributed by atoms with Crippen molar-refractivity contribution in [1.29, 1.82) is 0 Å². The Morgan fingerprint density at radius 1 is 1.42 bits per heavy atom. The van der Waals surface area contributed by atoms with E-state index in [1.54, 1.807) is 19.1 Å². The maximum Gasteiger partial charge on any atom is 0.253 e. The summed E-state index contributed by atoms with van der Waals surface area (Å²) in [6.07, 6.45) is 0.498. The van der Waals surface area contributed by atoms with E-state index in [0.717, 1.165) is 5.56 Å². The Kier molecular flexibility index (Phi) is 3.79. The highest BCUT2D eigenvalue weighted by Crippen LogP contribution is 2.13. The van der Waals surface area contributed by atoms with Gasteiger partial charge in [-0.05, 0) is 31.5 Å². The molecule has 0 unspecified atom stereocenters. The van der Waals surface area contributed by atoms with Gasteiger partial charge in [-0.15, -0.1) is 0 Å². The molecule has 0 aliphatic carbocycles. The number of nitrogens with zero attached hydrogens (tertiary/aromatic N) is 2. The lowest BCUT2D eigenvalue weighted by Crippen LogP contribution is -2.26. The Labute approximate surface area is 111 Å². The van der Waals surface area contributed by atoms with Crippen LogP contribution in [0.25, 0.3) is 0 Å². The van der Waals surface area contributed by atoms with Crippen molar-refractivity contribution in [3.8, 4) is 0 Å². The van der Waals surface area contributed by atoms with Gasteiger partial charge in [-0.3, -0.25) is 4.79 Å². The zero-order valence-electron chi connectivity index (χ0n) is 10.9. The molecule has 1 heterocycles. The fourth-order valence-electron chi connectivity index (χ4n) is 1.71. The second-order valence-corrected chi connectivity index (χ2v) is 4.33. The van der Waals surface area contributed by atoms with Crippen LogP contribution in [-0.2, 0) is 6.42 Å². The van der Waals surface area contributed by atoms with Crippen LogP contribution in [0.4, 0.5) is 5.69 Å². The van der Waals surface area contributed by atoms with E-state index in [1.807, 2.05) is 13.0 Å². The number of hydrogen-bond acceptors (Lipinski definition) is 5. The van der Waals surface area contributed by atoms with Crippen molar-refractivity contribution in [2.75, 3.05) is 12.3 Å². The standard InChI is InChI=1S/C13H16N4O2/c1-8-3-4-10(11(14)7-8)13(18)15-6-5-12-16-9(2)17-19-12/h3-4,7H,5-6,14H2,1-2H3,(H,15,18). The van der Waals surface area contributed by atoms with Crippen LogP contribution in [0.5, 0.6) is 0 Å². The predicted molar refractivity (Wildman–Crippen MR) is 70.7 cm³/mol. The molecule has 0 atom stereocenters. The summed E-state index contributed by atoms with van der Waals surface area (Å²) >= 11 is 0. The van der Waals surface area contributed by atoms with Crippen molar-refractivity contribution in [2.24, 2.45) is 0 Å². The molecule has 0 bridgehead atoms. The lowest BCUT2D eigenvalue weighted by Gasteiger charge is -2.07. The van der Waals surface area contributed by atoms with Gasteiger partial charge in [0.2, 0.25) is 5.89 Å². The molecule has 2 rings (SSSR count). The normalized spacial score (nSPS) is 10.4. The molecule has 1 amide bonds. The molecular weight excluding hydrogens is 244 g/mol. The first-order valence-corrected chi connectivity index (χ1v) is 6.00. The quantitative estimate of drug-likeness (QED) is 0.807. The maximum atomic E-state index is 11.9. The van der Waals surface area contributed by atoms with E-state index < -0.39 is 0 Å². The Balaban J connectivity index is 1.90. The average molecular weight is 260 g/mol. The van der Waals surface area contributed by atoms with Crippen LogP contribution >= 0.6 is 0 Å². The number of benzene rings is 1. The zero-order valence-corrected chi connectivity index (χ0v) is 10.9. The summed E-state index contributed by atoms with van der Waals surface area (Å²) in [5.41, 5.74) is 7.79. The second-order valence-electron chi connectivity index (χ2n) is 4.33. The molecule has 19 heavy (non-hydrogen) atoms. The lowest BCUT2D eigenvalue weighted by atomic mass is 10.1. The van der Waals surface area contributed by atoms with Crippen LogP contribution in [0.2, 0.25) is 0 Å². The van der Waals surface area contributed by atoms with Gasteiger partial charge in [0, 0.05) is 18.7 Å². The van der Waals surface area contributed by atoms with Crippen LogP contribution in [0.15, 0.2) is 22.7 Å². The molecule has 0 saturated carbocycles. The molecular formula is C13H16N4O2. The molecule has 0 spiro atoms. The second kappa shape index (κ2) is 5.51. The van der Waals surface area contributed by atoms with Gasteiger partial charge in [-0.2, -0.15) is 4.98 Å². The van der Waals surface area contributed by atoms with E-state index in [9.17, 15) is 4.79 Å². The summed E-state index contributed by atoms with van der Waals surface area (Å²) < 4.78 is 4.95. The number of amides is 1. The molecule has 0 saturated heterocycles. The van der Waals surface area contributed by atoms with Gasteiger partial charge >= 0.3 is 0 Å². The summed E-state index contributed by atoms with van der Waals surface area (Å²) in [4.78, 5) is 16.0. The Morgan fingerprint density at radius 3 is 2.84 bits per heavy atom. The molecule has 0 radical (unpaired) electrons. The zero-order chi connectivity index (χ0) is 13.8. The van der Waals surface area contributed by atoms with Gasteiger partial charge in [0.05, 0.1) is 5.56 Å². The predicted octanol–water partition coefficient (Wildman–Crippen LogP) is 1.24. The maximum absolute atomic E-state index is 11.9. The Hall–Kier alpha value is -2.37. The highest BCUT2D eigenvalue weighted by molar-refractivity contribution is 5.99. The van der Waals surface area contributed by atoms with Crippen molar-refractivity contribution in [1.82, 2.24) is 15.5 Å². The molecule has 100 valence electrons. The third-order valence-electron chi connectivity index (χ3n) is 2.65. The third-order valence-corrected chi connectivity index (χ3v) is 2.65. The third kappa shape index (κ3) is 3.31. The smallest absolute Gasteiger partial charge is 0.253 e. The minimum absolute atomic E-state index is 0.200. The van der Waals surface area contributed by atoms with E-state index in [4.69, 9.17) is 10.3 Å². The largest absolute Gasteiger partial charge is 0.398 e. The molecule has 0 aliphatic rings. The topological polar surface area (TPSA) is 94.0 Å². The molecule has 1 aromatic heterocycles. The fourth-order valence-corrected chi connectivity index (χ4v) is 1.71. The van der Waals surface area contributed by atoms with Crippen LogP contribution in [0.1, 0.15) is 27.6 Å². The van der Waals surface area contributed by atoms with Gasteiger partial charge in [-0.1, -0.05) is 11.2 Å². The number of aryl methyl sites for hydroxylation is 2. The summed E-state index contributed by atoms with van der Waals surface area (Å²) in [5, 5.41) is 6.45. The van der Waals surface area contributed by atoms with Crippen LogP contribution in [-0.4, -0.2) is 22.6 Å². The molecule has 0 aliphatic heterocycles.